The topological polar surface area (TPSA) is 79.4 Å². The summed E-state index contributed by atoms with van der Waals surface area (Å²) in [7, 11) is 0. The van der Waals surface area contributed by atoms with Crippen LogP contribution in [-0.2, 0) is 4.74 Å². The Bertz CT molecular complexity index is 270. The Labute approximate surface area is 90.1 Å². The molecular weight excluding hydrogens is 194 g/mol. The maximum atomic E-state index is 11.7. The molecule has 1 aliphatic heterocycles. The molecule has 1 fully saturated rings. The van der Waals surface area contributed by atoms with Gasteiger partial charge >= 0.3 is 6.09 Å². The number of likely N-dealkylation sites (tertiary alicyclic amines) is 1. The van der Waals surface area contributed by atoms with Gasteiger partial charge in [-0.25, -0.2) is 4.79 Å². The van der Waals surface area contributed by atoms with Crippen molar-refractivity contribution in [3.05, 3.63) is 0 Å². The highest BCUT2D eigenvalue weighted by Gasteiger charge is 2.29. The molecule has 0 radical (unpaired) electrons. The van der Waals surface area contributed by atoms with E-state index in [1.807, 2.05) is 20.8 Å². The number of carbonyl (C=O) groups is 1. The summed E-state index contributed by atoms with van der Waals surface area (Å²) in [4.78, 5) is 13.0. The van der Waals surface area contributed by atoms with Crippen LogP contribution in [0.25, 0.3) is 0 Å². The van der Waals surface area contributed by atoms with E-state index in [-0.39, 0.29) is 11.9 Å². The fraction of sp³-hybridized carbons (Fsp3) is 0.800. The van der Waals surface area contributed by atoms with Crippen molar-refractivity contribution in [2.45, 2.75) is 45.3 Å². The van der Waals surface area contributed by atoms with Crippen LogP contribution in [-0.4, -0.2) is 35.0 Å². The van der Waals surface area contributed by atoms with Crippen molar-refractivity contribution in [2.75, 3.05) is 6.54 Å². The first-order valence-electron chi connectivity index (χ1n) is 5.13. The highest BCUT2D eigenvalue weighted by Crippen LogP contribution is 2.15. The molecule has 0 bridgehead atoms. The molecule has 1 heterocycles. The molecule has 0 aliphatic carbocycles. The van der Waals surface area contributed by atoms with Crippen LogP contribution in [0.4, 0.5) is 4.79 Å². The lowest BCUT2D eigenvalue weighted by Crippen LogP contribution is -2.48. The summed E-state index contributed by atoms with van der Waals surface area (Å²) in [6.45, 7) is 5.91. The summed E-state index contributed by atoms with van der Waals surface area (Å²) >= 11 is 0. The Kier molecular flexibility index (Phi) is 3.34. The van der Waals surface area contributed by atoms with Crippen LogP contribution in [0.2, 0.25) is 0 Å². The molecule has 0 spiro atoms. The van der Waals surface area contributed by atoms with Gasteiger partial charge in [0, 0.05) is 19.0 Å². The van der Waals surface area contributed by atoms with E-state index in [4.69, 9.17) is 15.9 Å². The normalized spacial score (nSPS) is 22.8. The van der Waals surface area contributed by atoms with Crippen LogP contribution in [0, 0.1) is 5.41 Å². The van der Waals surface area contributed by atoms with Crippen molar-refractivity contribution in [1.82, 2.24) is 4.90 Å². The second-order valence-corrected chi connectivity index (χ2v) is 4.83. The lowest BCUT2D eigenvalue weighted by atomic mass is 10.1. The highest BCUT2D eigenvalue weighted by molar-refractivity contribution is 5.94. The SMILES string of the molecule is CC(C)(C)OC(=O)N1CCC(N)CC1=N. The average molecular weight is 213 g/mol. The Morgan fingerprint density at radius 3 is 2.67 bits per heavy atom. The van der Waals surface area contributed by atoms with Gasteiger partial charge in [-0.1, -0.05) is 0 Å². The second kappa shape index (κ2) is 4.18. The number of nitrogens with two attached hydrogens (primary N) is 1. The predicted molar refractivity (Wildman–Crippen MR) is 57.9 cm³/mol. The fourth-order valence-electron chi connectivity index (χ4n) is 1.41. The summed E-state index contributed by atoms with van der Waals surface area (Å²) in [5.74, 6) is 0.253. The third-order valence-electron chi connectivity index (χ3n) is 2.12. The third kappa shape index (κ3) is 3.51. The van der Waals surface area contributed by atoms with Crippen LogP contribution in [0.3, 0.4) is 0 Å². The van der Waals surface area contributed by atoms with Crippen LogP contribution < -0.4 is 5.73 Å². The lowest BCUT2D eigenvalue weighted by Gasteiger charge is -2.32. The first-order chi connectivity index (χ1) is 6.79. The molecule has 5 heteroatoms. The van der Waals surface area contributed by atoms with Crippen LogP contribution in [0.1, 0.15) is 33.6 Å². The zero-order valence-electron chi connectivity index (χ0n) is 9.54. The number of nitrogens with zero attached hydrogens (tertiary/aromatic N) is 1. The van der Waals surface area contributed by atoms with Gasteiger partial charge in [0.15, 0.2) is 0 Å². The number of carbonyl (C=O) groups excluding carboxylic acids is 1. The molecule has 0 aromatic rings. The molecule has 5 nitrogen and oxygen atoms in total. The minimum atomic E-state index is -0.517. The first-order valence-corrected chi connectivity index (χ1v) is 5.13. The third-order valence-corrected chi connectivity index (χ3v) is 2.12. The van der Waals surface area contributed by atoms with Gasteiger partial charge in [-0.2, -0.15) is 0 Å². The molecule has 1 saturated heterocycles. The second-order valence-electron chi connectivity index (χ2n) is 4.83. The van der Waals surface area contributed by atoms with Crippen LogP contribution in [0.15, 0.2) is 0 Å². The number of amides is 1. The van der Waals surface area contributed by atoms with E-state index in [0.717, 1.165) is 6.42 Å². The molecule has 86 valence electrons. The molecule has 15 heavy (non-hydrogen) atoms. The van der Waals surface area contributed by atoms with Crippen molar-refractivity contribution in [3.8, 4) is 0 Å². The van der Waals surface area contributed by atoms with Crippen molar-refractivity contribution < 1.29 is 9.53 Å². The van der Waals surface area contributed by atoms with E-state index < -0.39 is 11.7 Å². The summed E-state index contributed by atoms with van der Waals surface area (Å²) < 4.78 is 5.19. The summed E-state index contributed by atoms with van der Waals surface area (Å²) in [5.41, 5.74) is 5.18. The minimum Gasteiger partial charge on any atom is -0.443 e. The Morgan fingerprint density at radius 1 is 1.60 bits per heavy atom. The average Bonchev–Trinajstić information content (AvgIpc) is 1.99. The van der Waals surface area contributed by atoms with Crippen molar-refractivity contribution >= 4 is 11.9 Å². The number of amidine groups is 1. The molecule has 3 N–H and O–H groups in total. The molecule has 1 unspecified atom stereocenters. The smallest absolute Gasteiger partial charge is 0.415 e. The van der Waals surface area contributed by atoms with Gasteiger partial charge in [-0.15, -0.1) is 0 Å². The predicted octanol–water partition coefficient (Wildman–Crippen LogP) is 1.32. The van der Waals surface area contributed by atoms with Gasteiger partial charge in [0.2, 0.25) is 0 Å². The zero-order chi connectivity index (χ0) is 11.6. The number of hydrogen-bond acceptors (Lipinski definition) is 4. The van der Waals surface area contributed by atoms with Gasteiger partial charge < -0.3 is 10.5 Å². The Morgan fingerprint density at radius 2 is 2.20 bits per heavy atom. The minimum absolute atomic E-state index is 0.00353. The molecule has 0 aromatic carbocycles. The highest BCUT2D eigenvalue weighted by atomic mass is 16.6. The lowest BCUT2D eigenvalue weighted by molar-refractivity contribution is 0.0350. The molecule has 1 atom stereocenters. The van der Waals surface area contributed by atoms with Gasteiger partial charge in [0.1, 0.15) is 11.4 Å². The number of rotatable bonds is 0. The van der Waals surface area contributed by atoms with E-state index >= 15 is 0 Å². The monoisotopic (exact) mass is 213 g/mol. The number of hydrogen-bond donors (Lipinski definition) is 2. The van der Waals surface area contributed by atoms with E-state index in [0.29, 0.717) is 13.0 Å². The van der Waals surface area contributed by atoms with Crippen molar-refractivity contribution in [3.63, 3.8) is 0 Å². The molecule has 1 aliphatic rings. The molecule has 1 amide bonds. The number of piperidine rings is 1. The van der Waals surface area contributed by atoms with Gasteiger partial charge in [-0.3, -0.25) is 10.3 Å². The quantitative estimate of drug-likeness (QED) is 0.637. The van der Waals surface area contributed by atoms with Crippen LogP contribution >= 0.6 is 0 Å². The van der Waals surface area contributed by atoms with Gasteiger partial charge in [-0.05, 0) is 27.2 Å². The van der Waals surface area contributed by atoms with Crippen molar-refractivity contribution in [1.29, 1.82) is 5.41 Å². The number of ether oxygens (including phenoxy) is 1. The fourth-order valence-corrected chi connectivity index (χ4v) is 1.41. The van der Waals surface area contributed by atoms with Gasteiger partial charge in [0.25, 0.3) is 0 Å². The maximum absolute atomic E-state index is 11.7. The van der Waals surface area contributed by atoms with E-state index in [9.17, 15) is 4.79 Å². The molecule has 0 saturated carbocycles. The van der Waals surface area contributed by atoms with E-state index in [1.54, 1.807) is 0 Å². The Hall–Kier alpha value is -1.10. The van der Waals surface area contributed by atoms with Crippen molar-refractivity contribution in [2.24, 2.45) is 5.73 Å². The molecular formula is C10H19N3O2. The summed E-state index contributed by atoms with van der Waals surface area (Å²) in [6, 6.07) is -0.00353. The number of nitrogens with one attached hydrogen (secondary N) is 1. The van der Waals surface area contributed by atoms with Crippen LogP contribution in [0.5, 0.6) is 0 Å². The zero-order valence-corrected chi connectivity index (χ0v) is 9.54. The summed E-state index contributed by atoms with van der Waals surface area (Å²) in [5, 5.41) is 7.66. The largest absolute Gasteiger partial charge is 0.443 e. The maximum Gasteiger partial charge on any atom is 0.415 e. The summed E-state index contributed by atoms with van der Waals surface area (Å²) in [6.07, 6.45) is 0.723. The van der Waals surface area contributed by atoms with E-state index in [1.165, 1.54) is 4.90 Å². The van der Waals surface area contributed by atoms with E-state index in [2.05, 4.69) is 0 Å². The first kappa shape index (κ1) is 12.0. The van der Waals surface area contributed by atoms with Gasteiger partial charge in [0.05, 0.1) is 0 Å². The molecule has 0 aromatic heterocycles. The standard InChI is InChI=1S/C10H19N3O2/c1-10(2,3)15-9(14)13-5-4-7(11)6-8(13)12/h7,12H,4-6,11H2,1-3H3. The Balaban J connectivity index is 2.57. The molecule has 1 rings (SSSR count).